The third-order valence-corrected chi connectivity index (χ3v) is 6.53. The highest BCUT2D eigenvalue weighted by atomic mass is 35.5. The van der Waals surface area contributed by atoms with Gasteiger partial charge in [-0.3, -0.25) is 4.90 Å². The fourth-order valence-electron chi connectivity index (χ4n) is 4.42. The first-order valence-corrected chi connectivity index (χ1v) is 12.3. The van der Waals surface area contributed by atoms with E-state index in [-0.39, 0.29) is 5.56 Å². The Hall–Kier alpha value is -3.52. The molecular formula is C28H28ClN3O4. The van der Waals surface area contributed by atoms with Crippen molar-refractivity contribution in [3.05, 3.63) is 89.1 Å². The van der Waals surface area contributed by atoms with Crippen LogP contribution in [0.4, 0.5) is 11.4 Å². The summed E-state index contributed by atoms with van der Waals surface area (Å²) in [5, 5.41) is 14.1. The van der Waals surface area contributed by atoms with Crippen LogP contribution in [0, 0.1) is 0 Å². The van der Waals surface area contributed by atoms with Gasteiger partial charge in [0.05, 0.1) is 24.5 Å². The van der Waals surface area contributed by atoms with Crippen molar-refractivity contribution in [2.75, 3.05) is 44.8 Å². The Morgan fingerprint density at radius 2 is 1.92 bits per heavy atom. The number of morpholine rings is 1. The molecule has 186 valence electrons. The van der Waals surface area contributed by atoms with Crippen molar-refractivity contribution in [1.29, 1.82) is 0 Å². The number of anilines is 2. The van der Waals surface area contributed by atoms with Gasteiger partial charge in [-0.25, -0.2) is 4.79 Å². The molecule has 0 spiro atoms. The number of nitrogens with zero attached hydrogens (tertiary/aromatic N) is 2. The van der Waals surface area contributed by atoms with Gasteiger partial charge in [-0.05, 0) is 60.2 Å². The van der Waals surface area contributed by atoms with Gasteiger partial charge < -0.3 is 24.5 Å². The van der Waals surface area contributed by atoms with E-state index in [0.29, 0.717) is 17.3 Å². The Balaban J connectivity index is 1.25. The number of hydrogen-bond donors (Lipinski definition) is 2. The summed E-state index contributed by atoms with van der Waals surface area (Å²) in [6.07, 6.45) is 2.06. The maximum absolute atomic E-state index is 11.6. The first-order valence-electron chi connectivity index (χ1n) is 12.0. The molecule has 1 saturated heterocycles. The lowest BCUT2D eigenvalue weighted by molar-refractivity contribution is 0.0322. The van der Waals surface area contributed by atoms with Gasteiger partial charge >= 0.3 is 5.97 Å². The smallest absolute Gasteiger partial charge is 0.337 e. The second-order valence-corrected chi connectivity index (χ2v) is 9.22. The van der Waals surface area contributed by atoms with Gasteiger partial charge in [-0.15, -0.1) is 0 Å². The van der Waals surface area contributed by atoms with E-state index in [1.807, 2.05) is 30.3 Å². The molecule has 8 heteroatoms. The monoisotopic (exact) mass is 505 g/mol. The maximum Gasteiger partial charge on any atom is 0.337 e. The summed E-state index contributed by atoms with van der Waals surface area (Å²) in [7, 11) is 0. The number of nitrogens with one attached hydrogen (secondary N) is 1. The van der Waals surface area contributed by atoms with Crippen molar-refractivity contribution in [3.63, 3.8) is 0 Å². The number of ether oxygens (including phenoxy) is 2. The Morgan fingerprint density at radius 1 is 1.06 bits per heavy atom. The number of aromatic carboxylic acids is 1. The van der Waals surface area contributed by atoms with Crippen LogP contribution in [0.15, 0.2) is 72.9 Å². The van der Waals surface area contributed by atoms with Gasteiger partial charge in [0.15, 0.2) is 0 Å². The molecule has 2 heterocycles. The Bertz CT molecular complexity index is 1360. The van der Waals surface area contributed by atoms with E-state index in [9.17, 15) is 9.90 Å². The lowest BCUT2D eigenvalue weighted by Gasteiger charge is -2.26. The van der Waals surface area contributed by atoms with Gasteiger partial charge in [0.1, 0.15) is 12.4 Å². The average molecular weight is 506 g/mol. The lowest BCUT2D eigenvalue weighted by atomic mass is 10.1. The molecule has 0 unspecified atom stereocenters. The molecule has 2 N–H and O–H groups in total. The molecule has 5 rings (SSSR count). The predicted octanol–water partition coefficient (Wildman–Crippen LogP) is 5.50. The number of halogens is 1. The quantitative estimate of drug-likeness (QED) is 0.313. The zero-order valence-corrected chi connectivity index (χ0v) is 20.6. The van der Waals surface area contributed by atoms with Crippen molar-refractivity contribution < 1.29 is 19.4 Å². The van der Waals surface area contributed by atoms with Crippen LogP contribution >= 0.6 is 11.6 Å². The summed E-state index contributed by atoms with van der Waals surface area (Å²) in [6.45, 7) is 5.78. The number of hydrogen-bond acceptors (Lipinski definition) is 5. The second kappa shape index (κ2) is 11.0. The van der Waals surface area contributed by atoms with Gasteiger partial charge in [-0.2, -0.15) is 0 Å². The number of benzene rings is 3. The molecule has 36 heavy (non-hydrogen) atoms. The van der Waals surface area contributed by atoms with E-state index in [1.165, 1.54) is 6.07 Å². The molecular weight excluding hydrogens is 478 g/mol. The highest BCUT2D eigenvalue weighted by Crippen LogP contribution is 2.28. The summed E-state index contributed by atoms with van der Waals surface area (Å²) >= 11 is 5.97. The van der Waals surface area contributed by atoms with E-state index in [4.69, 9.17) is 21.1 Å². The topological polar surface area (TPSA) is 76.0 Å². The molecule has 7 nitrogen and oxygen atoms in total. The van der Waals surface area contributed by atoms with E-state index < -0.39 is 5.97 Å². The van der Waals surface area contributed by atoms with Crippen molar-refractivity contribution in [2.24, 2.45) is 0 Å². The molecule has 1 fully saturated rings. The predicted molar refractivity (Wildman–Crippen MR) is 142 cm³/mol. The van der Waals surface area contributed by atoms with E-state index in [0.717, 1.165) is 67.3 Å². The minimum absolute atomic E-state index is 0.132. The molecule has 1 aliphatic heterocycles. The normalized spacial score (nSPS) is 14.1. The van der Waals surface area contributed by atoms with Gasteiger partial charge in [0.2, 0.25) is 0 Å². The first kappa shape index (κ1) is 24.2. The molecule has 0 bridgehead atoms. The van der Waals surface area contributed by atoms with Crippen LogP contribution in [0.25, 0.3) is 10.9 Å². The van der Waals surface area contributed by atoms with Gasteiger partial charge in [0, 0.05) is 54.0 Å². The average Bonchev–Trinajstić information content (AvgIpc) is 3.27. The van der Waals surface area contributed by atoms with Crippen LogP contribution in [0.1, 0.15) is 15.9 Å². The van der Waals surface area contributed by atoms with Crippen LogP contribution in [0.5, 0.6) is 5.75 Å². The summed E-state index contributed by atoms with van der Waals surface area (Å²) < 4.78 is 13.6. The molecule has 0 aliphatic carbocycles. The summed E-state index contributed by atoms with van der Waals surface area (Å²) in [5.41, 5.74) is 3.68. The molecule has 0 atom stereocenters. The zero-order valence-electron chi connectivity index (χ0n) is 19.8. The van der Waals surface area contributed by atoms with E-state index in [2.05, 4.69) is 39.2 Å². The molecule has 4 aromatic rings. The molecule has 1 aliphatic rings. The Labute approximate surface area is 214 Å². The summed E-state index contributed by atoms with van der Waals surface area (Å²) in [6, 6.07) is 21.1. The minimum Gasteiger partial charge on any atom is -0.492 e. The van der Waals surface area contributed by atoms with Crippen LogP contribution in [-0.4, -0.2) is 60.0 Å². The number of rotatable bonds is 9. The number of aromatic nitrogens is 1. The van der Waals surface area contributed by atoms with Crippen molar-refractivity contribution in [1.82, 2.24) is 9.47 Å². The van der Waals surface area contributed by atoms with Crippen molar-refractivity contribution >= 4 is 39.8 Å². The lowest BCUT2D eigenvalue weighted by Crippen LogP contribution is -2.38. The van der Waals surface area contributed by atoms with Crippen LogP contribution in [0.2, 0.25) is 5.02 Å². The van der Waals surface area contributed by atoms with E-state index >= 15 is 0 Å². The number of carboxylic acid groups (broad SMARTS) is 1. The Kier molecular flexibility index (Phi) is 7.41. The first-order chi connectivity index (χ1) is 17.5. The Morgan fingerprint density at radius 3 is 2.75 bits per heavy atom. The number of carbonyl (C=O) groups is 1. The third kappa shape index (κ3) is 5.82. The zero-order chi connectivity index (χ0) is 24.9. The standard InChI is InChI=1S/C28H28ClN3O4/c29-22-4-6-26(25(18-22)28(33)34)30-23-5-7-27-21(17-23)8-9-32(27)19-20-2-1-3-24(16-20)36-15-12-31-10-13-35-14-11-31/h1-9,16-18,30H,10-15,19H2,(H,33,34). The third-order valence-electron chi connectivity index (χ3n) is 6.29. The van der Waals surface area contributed by atoms with Gasteiger partial charge in [-0.1, -0.05) is 23.7 Å². The summed E-state index contributed by atoms with van der Waals surface area (Å²) in [4.78, 5) is 13.9. The second-order valence-electron chi connectivity index (χ2n) is 8.79. The largest absolute Gasteiger partial charge is 0.492 e. The molecule has 0 amide bonds. The fraction of sp³-hybridized carbons (Fsp3) is 0.250. The van der Waals surface area contributed by atoms with Crippen LogP contribution in [-0.2, 0) is 11.3 Å². The molecule has 1 aromatic heterocycles. The highest BCUT2D eigenvalue weighted by Gasteiger charge is 2.12. The van der Waals surface area contributed by atoms with E-state index in [1.54, 1.807) is 12.1 Å². The summed E-state index contributed by atoms with van der Waals surface area (Å²) in [5.74, 6) is -0.152. The van der Waals surface area contributed by atoms with Gasteiger partial charge in [0.25, 0.3) is 0 Å². The van der Waals surface area contributed by atoms with Crippen LogP contribution < -0.4 is 10.1 Å². The molecule has 3 aromatic carbocycles. The molecule has 0 radical (unpaired) electrons. The SMILES string of the molecule is O=C(O)c1cc(Cl)ccc1Nc1ccc2c(ccn2Cc2cccc(OCCN3CCOCC3)c2)c1. The highest BCUT2D eigenvalue weighted by molar-refractivity contribution is 6.31. The van der Waals surface area contributed by atoms with Crippen molar-refractivity contribution in [2.45, 2.75) is 6.54 Å². The van der Waals surface area contributed by atoms with Crippen LogP contribution in [0.3, 0.4) is 0 Å². The fourth-order valence-corrected chi connectivity index (χ4v) is 4.59. The van der Waals surface area contributed by atoms with Crippen molar-refractivity contribution in [3.8, 4) is 5.75 Å². The maximum atomic E-state index is 11.6. The minimum atomic E-state index is -1.03. The number of carboxylic acids is 1. The number of fused-ring (bicyclic) bond motifs is 1. The molecule has 0 saturated carbocycles.